The van der Waals surface area contributed by atoms with Gasteiger partial charge in [0.25, 0.3) is 6.98 Å². The van der Waals surface area contributed by atoms with Crippen LogP contribution in [0, 0.1) is 0 Å². The Hall–Kier alpha value is -0.793. The van der Waals surface area contributed by atoms with Gasteiger partial charge in [-0.25, -0.2) is 10.1 Å². The van der Waals surface area contributed by atoms with Crippen LogP contribution >= 0.6 is 0 Å². The monoisotopic (exact) mass is 291 g/mol. The van der Waals surface area contributed by atoms with E-state index in [1.165, 1.54) is 25.7 Å². The quantitative estimate of drug-likeness (QED) is 0.624. The van der Waals surface area contributed by atoms with Crippen molar-refractivity contribution in [1.29, 1.82) is 0 Å². The van der Waals surface area contributed by atoms with Gasteiger partial charge in [-0.15, -0.1) is 0 Å². The van der Waals surface area contributed by atoms with E-state index in [0.717, 1.165) is 12.5 Å². The summed E-state index contributed by atoms with van der Waals surface area (Å²) in [6.45, 7) is 8.87. The molecule has 1 aliphatic rings. The van der Waals surface area contributed by atoms with Gasteiger partial charge in [-0.2, -0.15) is 5.10 Å². The minimum Gasteiger partial charge on any atom is -0.389 e. The highest BCUT2D eigenvalue weighted by molar-refractivity contribution is 6.86. The summed E-state index contributed by atoms with van der Waals surface area (Å²) in [6.07, 6.45) is 6.81. The second-order valence-electron chi connectivity index (χ2n) is 5.56. The van der Waals surface area contributed by atoms with Gasteiger partial charge in [0.15, 0.2) is 0 Å². The lowest BCUT2D eigenvalue weighted by Gasteiger charge is -2.47. The van der Waals surface area contributed by atoms with E-state index in [1.807, 2.05) is 0 Å². The van der Waals surface area contributed by atoms with Crippen LogP contribution in [0.25, 0.3) is 0 Å². The van der Waals surface area contributed by atoms with Crippen molar-refractivity contribution in [3.63, 3.8) is 0 Å². The van der Waals surface area contributed by atoms with Gasteiger partial charge in [-0.05, 0) is 20.0 Å². The van der Waals surface area contributed by atoms with E-state index in [9.17, 15) is 0 Å². The molecule has 2 rings (SSSR count). The molecule has 1 N–H and O–H groups in total. The number of hydrogen-bond acceptors (Lipinski definition) is 5. The Kier molecular flexibility index (Phi) is 5.68. The fraction of sp³-hybridized carbons (Fsp3) is 0.818. The van der Waals surface area contributed by atoms with E-state index in [1.54, 1.807) is 6.33 Å². The van der Waals surface area contributed by atoms with Gasteiger partial charge in [0.05, 0.1) is 0 Å². The fourth-order valence-electron chi connectivity index (χ4n) is 2.75. The highest BCUT2D eigenvalue weighted by Gasteiger charge is 2.40. The van der Waals surface area contributed by atoms with Crippen molar-refractivity contribution in [1.82, 2.24) is 24.4 Å². The highest BCUT2D eigenvalue weighted by Crippen LogP contribution is 2.18. The van der Waals surface area contributed by atoms with E-state index in [4.69, 9.17) is 0 Å². The van der Waals surface area contributed by atoms with Crippen LogP contribution in [0.15, 0.2) is 6.33 Å². The first-order valence-electron chi connectivity index (χ1n) is 7.61. The molecule has 0 unspecified atom stereocenters. The zero-order valence-corrected chi connectivity index (χ0v) is 14.2. The second-order valence-corrected chi connectivity index (χ2v) is 7.16. The molecule has 20 heavy (non-hydrogen) atoms. The number of aromatic amines is 1. The van der Waals surface area contributed by atoms with E-state index in [0.29, 0.717) is 14.0 Å². The molecule has 6 nitrogen and oxygen atoms in total. The van der Waals surface area contributed by atoms with Crippen molar-refractivity contribution in [2.45, 2.75) is 46.3 Å². The number of hydrogen-bond donors (Lipinski definition) is 1. The van der Waals surface area contributed by atoms with Crippen LogP contribution in [0.5, 0.6) is 0 Å². The standard InChI is InChI=1S/C11H25B2N6Si/c1-5-6-7-8-9-18-12(2)17(4)20-19(13(18)3)11-14-10-15-16-11/h10,20H,5-9H2,1-4H3,(H,14,15,16). The highest BCUT2D eigenvalue weighted by atomic mass is 28.2. The molecule has 0 amide bonds. The van der Waals surface area contributed by atoms with Crippen molar-refractivity contribution in [2.75, 3.05) is 18.1 Å². The summed E-state index contributed by atoms with van der Waals surface area (Å²) in [5.41, 5.74) is 0. The first-order valence-corrected chi connectivity index (χ1v) is 8.64. The summed E-state index contributed by atoms with van der Waals surface area (Å²) in [7, 11) is 2.26. The van der Waals surface area contributed by atoms with Crippen LogP contribution in [0.2, 0.25) is 13.6 Å². The molecule has 0 aliphatic carbocycles. The molecule has 2 heterocycles. The number of aromatic nitrogens is 3. The van der Waals surface area contributed by atoms with Crippen LogP contribution < -0.4 is 4.48 Å². The van der Waals surface area contributed by atoms with Gasteiger partial charge in [0.2, 0.25) is 15.8 Å². The number of nitrogens with zero attached hydrogens (tertiary/aromatic N) is 5. The average molecular weight is 291 g/mol. The number of H-pyrrole nitrogens is 1. The van der Waals surface area contributed by atoms with Crippen molar-refractivity contribution in [3.8, 4) is 0 Å². The Balaban J connectivity index is 2.00. The third kappa shape index (κ3) is 3.45. The van der Waals surface area contributed by atoms with Crippen LogP contribution in [0.3, 0.4) is 0 Å². The van der Waals surface area contributed by atoms with Gasteiger partial charge in [-0.3, -0.25) is 0 Å². The minimum atomic E-state index is 0.0569. The van der Waals surface area contributed by atoms with E-state index < -0.39 is 0 Å². The normalized spacial score (nSPS) is 18.1. The summed E-state index contributed by atoms with van der Waals surface area (Å²) in [5.74, 6) is 0.893. The molecule has 0 saturated carbocycles. The lowest BCUT2D eigenvalue weighted by Crippen LogP contribution is -2.71. The zero-order chi connectivity index (χ0) is 14.5. The SMILES string of the molecule is CCCCCCN1B(C)N(C)[SiH]N(c2ncn[nH]2)B1C. The minimum absolute atomic E-state index is 0.0569. The number of nitrogens with one attached hydrogen (secondary N) is 1. The maximum Gasteiger partial charge on any atom is 0.323 e. The van der Waals surface area contributed by atoms with Crippen LogP contribution in [0.4, 0.5) is 5.95 Å². The summed E-state index contributed by atoms with van der Waals surface area (Å²) >= 11 is 0. The molecule has 1 aromatic heterocycles. The predicted molar refractivity (Wildman–Crippen MR) is 87.9 cm³/mol. The van der Waals surface area contributed by atoms with E-state index in [-0.39, 0.29) is 9.84 Å². The van der Waals surface area contributed by atoms with Crippen molar-refractivity contribution in [2.24, 2.45) is 0 Å². The molecule has 109 valence electrons. The molecule has 0 bridgehead atoms. The zero-order valence-electron chi connectivity index (χ0n) is 13.1. The molecule has 1 fully saturated rings. The van der Waals surface area contributed by atoms with Crippen molar-refractivity contribution in [3.05, 3.63) is 6.33 Å². The van der Waals surface area contributed by atoms with Crippen LogP contribution in [0.1, 0.15) is 32.6 Å². The third-order valence-electron chi connectivity index (χ3n) is 4.18. The number of unbranched alkanes of at least 4 members (excludes halogenated alkanes) is 3. The Labute approximate surface area is 125 Å². The Morgan fingerprint density at radius 3 is 2.70 bits per heavy atom. The van der Waals surface area contributed by atoms with Crippen molar-refractivity contribution >= 4 is 29.8 Å². The lowest BCUT2D eigenvalue weighted by molar-refractivity contribution is 0.527. The summed E-state index contributed by atoms with van der Waals surface area (Å²) in [6, 6.07) is 0. The number of anilines is 1. The first-order chi connectivity index (χ1) is 9.65. The Bertz CT molecular complexity index is 392. The Morgan fingerprint density at radius 2 is 2.05 bits per heavy atom. The smallest absolute Gasteiger partial charge is 0.323 e. The average Bonchev–Trinajstić information content (AvgIpc) is 2.96. The molecule has 0 spiro atoms. The molecule has 1 aromatic rings. The molecule has 1 radical (unpaired) electrons. The molecule has 1 saturated heterocycles. The van der Waals surface area contributed by atoms with Crippen LogP contribution in [-0.2, 0) is 0 Å². The molecular formula is C11H25B2N6Si. The largest absolute Gasteiger partial charge is 0.389 e. The van der Waals surface area contributed by atoms with Crippen molar-refractivity contribution < 1.29 is 0 Å². The van der Waals surface area contributed by atoms with Gasteiger partial charge >= 0.3 is 6.98 Å². The van der Waals surface area contributed by atoms with E-state index >= 15 is 0 Å². The molecule has 0 atom stereocenters. The van der Waals surface area contributed by atoms with Crippen LogP contribution in [-0.4, -0.2) is 61.8 Å². The first kappa shape index (κ1) is 15.6. The molecule has 9 heteroatoms. The molecule has 0 aromatic carbocycles. The maximum absolute atomic E-state index is 4.32. The fourth-order valence-corrected chi connectivity index (χ4v) is 4.10. The maximum atomic E-state index is 4.32. The van der Waals surface area contributed by atoms with E-state index in [2.05, 4.69) is 56.5 Å². The summed E-state index contributed by atoms with van der Waals surface area (Å²) in [4.78, 5) is 4.32. The molecule has 1 aliphatic heterocycles. The van der Waals surface area contributed by atoms with Gasteiger partial charge in [0.1, 0.15) is 6.33 Å². The summed E-state index contributed by atoms with van der Waals surface area (Å²) < 4.78 is 7.35. The summed E-state index contributed by atoms with van der Waals surface area (Å²) in [5, 5.41) is 6.99. The predicted octanol–water partition coefficient (Wildman–Crippen LogP) is 0.941. The van der Waals surface area contributed by atoms with Gasteiger partial charge in [0, 0.05) is 0 Å². The molecular weight excluding hydrogens is 266 g/mol. The van der Waals surface area contributed by atoms with Gasteiger partial charge in [-0.1, -0.05) is 39.8 Å². The van der Waals surface area contributed by atoms with Gasteiger partial charge < -0.3 is 13.7 Å². The topological polar surface area (TPSA) is 51.3 Å². The number of rotatable bonds is 6. The third-order valence-corrected chi connectivity index (χ3v) is 5.90. The second kappa shape index (κ2) is 7.28. The Morgan fingerprint density at radius 1 is 1.25 bits per heavy atom. The lowest BCUT2D eigenvalue weighted by atomic mass is 9.62.